The van der Waals surface area contributed by atoms with Gasteiger partial charge in [0.25, 0.3) is 0 Å². The zero-order valence-electron chi connectivity index (χ0n) is 12.0. The number of carbonyl (C=O) groups is 1. The van der Waals surface area contributed by atoms with Crippen molar-refractivity contribution in [2.75, 3.05) is 13.6 Å². The molecular formula is C13H17B2N5O. The third-order valence-corrected chi connectivity index (χ3v) is 3.26. The predicted molar refractivity (Wildman–Crippen MR) is 83.8 cm³/mol. The fraction of sp³-hybridized carbons (Fsp3) is 0.385. The first kappa shape index (κ1) is 15.6. The first-order chi connectivity index (χ1) is 10.00. The number of amides is 1. The van der Waals surface area contributed by atoms with E-state index in [2.05, 4.69) is 15.3 Å². The summed E-state index contributed by atoms with van der Waals surface area (Å²) < 4.78 is 0. The van der Waals surface area contributed by atoms with Crippen LogP contribution in [0.2, 0.25) is 0 Å². The Morgan fingerprint density at radius 2 is 2.29 bits per heavy atom. The Labute approximate surface area is 126 Å². The Bertz CT molecular complexity index is 628. The molecule has 0 saturated carbocycles. The average molecular weight is 281 g/mol. The maximum Gasteiger partial charge on any atom is 0.209 e. The number of nitrogens with one attached hydrogen (secondary N) is 2. The summed E-state index contributed by atoms with van der Waals surface area (Å²) in [6.07, 6.45) is 0.653. The van der Waals surface area contributed by atoms with Crippen LogP contribution in [0.4, 0.5) is 0 Å². The highest BCUT2D eigenvalue weighted by atomic mass is 16.1. The fourth-order valence-electron chi connectivity index (χ4n) is 2.17. The molecule has 21 heavy (non-hydrogen) atoms. The molecule has 0 aliphatic rings. The minimum absolute atomic E-state index is 0.287. The molecule has 1 aromatic carbocycles. The third-order valence-electron chi connectivity index (χ3n) is 3.26. The van der Waals surface area contributed by atoms with E-state index >= 15 is 0 Å². The molecule has 0 atom stereocenters. The van der Waals surface area contributed by atoms with Gasteiger partial charge in [-0.3, -0.25) is 4.79 Å². The van der Waals surface area contributed by atoms with Crippen LogP contribution >= 0.6 is 0 Å². The number of H-pyrrole nitrogens is 1. The van der Waals surface area contributed by atoms with Gasteiger partial charge in [0.2, 0.25) is 6.41 Å². The van der Waals surface area contributed by atoms with Crippen LogP contribution in [0, 0.1) is 0 Å². The largest absolute Gasteiger partial charge is 0.351 e. The molecule has 1 heterocycles. The summed E-state index contributed by atoms with van der Waals surface area (Å²) in [5.41, 5.74) is 8.16. The standard InChI is InChI=1S/C13H17B2N5O/c1-17-7-13(14,15)20(8-21)6-9-2-3-10-11(4-9)19-12(5-16)18-10/h2-4,8,17H,5-7,16H2,1H3,(H,18,19). The molecule has 8 heteroatoms. The summed E-state index contributed by atoms with van der Waals surface area (Å²) in [6.45, 7) is 0.946. The molecule has 106 valence electrons. The minimum atomic E-state index is -1.25. The van der Waals surface area contributed by atoms with Crippen molar-refractivity contribution in [2.45, 2.75) is 18.4 Å². The van der Waals surface area contributed by atoms with Crippen LogP contribution in [0.15, 0.2) is 18.2 Å². The van der Waals surface area contributed by atoms with Crippen LogP contribution in [-0.4, -0.2) is 55.9 Å². The van der Waals surface area contributed by atoms with E-state index in [1.165, 1.54) is 4.90 Å². The number of aromatic amines is 1. The van der Waals surface area contributed by atoms with Crippen molar-refractivity contribution >= 4 is 33.1 Å². The maximum atomic E-state index is 11.2. The second kappa shape index (κ2) is 6.32. The number of hydrogen-bond donors (Lipinski definition) is 3. The van der Waals surface area contributed by atoms with Gasteiger partial charge in [-0.1, -0.05) is 6.07 Å². The summed E-state index contributed by atoms with van der Waals surface area (Å²) in [5, 5.41) is 1.62. The Hall–Kier alpha value is -1.79. The number of nitrogens with two attached hydrogens (primary N) is 1. The predicted octanol–water partition coefficient (Wildman–Crippen LogP) is -0.810. The van der Waals surface area contributed by atoms with Gasteiger partial charge in [0, 0.05) is 13.1 Å². The van der Waals surface area contributed by atoms with Gasteiger partial charge in [0.1, 0.15) is 5.82 Å². The Kier molecular flexibility index (Phi) is 4.69. The zero-order valence-corrected chi connectivity index (χ0v) is 12.0. The highest BCUT2D eigenvalue weighted by molar-refractivity contribution is 6.40. The smallest absolute Gasteiger partial charge is 0.209 e. The molecule has 0 bridgehead atoms. The summed E-state index contributed by atoms with van der Waals surface area (Å²) in [6, 6.07) is 5.67. The second-order valence-corrected chi connectivity index (χ2v) is 4.99. The summed E-state index contributed by atoms with van der Waals surface area (Å²) in [4.78, 5) is 20.0. The van der Waals surface area contributed by atoms with Gasteiger partial charge in [0.05, 0.1) is 33.3 Å². The number of benzene rings is 1. The molecule has 4 N–H and O–H groups in total. The van der Waals surface area contributed by atoms with Crippen LogP contribution in [0.1, 0.15) is 11.4 Å². The maximum absolute atomic E-state index is 11.2. The quantitative estimate of drug-likeness (QED) is 0.457. The normalized spacial score (nSPS) is 11.7. The molecule has 0 fully saturated rings. The van der Waals surface area contributed by atoms with Crippen LogP contribution in [0.5, 0.6) is 0 Å². The van der Waals surface area contributed by atoms with E-state index < -0.39 is 5.34 Å². The number of nitrogens with zero attached hydrogens (tertiary/aromatic N) is 2. The van der Waals surface area contributed by atoms with Crippen molar-refractivity contribution < 1.29 is 4.79 Å². The molecule has 6 nitrogen and oxygen atoms in total. The first-order valence-electron chi connectivity index (χ1n) is 6.62. The molecule has 0 spiro atoms. The lowest BCUT2D eigenvalue weighted by atomic mass is 9.60. The molecule has 2 rings (SSSR count). The number of hydrogen-bond acceptors (Lipinski definition) is 4. The first-order valence-corrected chi connectivity index (χ1v) is 6.62. The lowest BCUT2D eigenvalue weighted by Gasteiger charge is -2.37. The number of imidazole rings is 1. The third kappa shape index (κ3) is 3.46. The van der Waals surface area contributed by atoms with Crippen LogP contribution in [-0.2, 0) is 17.9 Å². The molecule has 2 aromatic rings. The van der Waals surface area contributed by atoms with E-state index in [0.717, 1.165) is 22.4 Å². The summed E-state index contributed by atoms with van der Waals surface area (Å²) >= 11 is 0. The van der Waals surface area contributed by atoms with Gasteiger partial charge in [0.15, 0.2) is 0 Å². The monoisotopic (exact) mass is 281 g/mol. The van der Waals surface area contributed by atoms with Crippen molar-refractivity contribution in [2.24, 2.45) is 5.73 Å². The molecule has 1 aromatic heterocycles. The van der Waals surface area contributed by atoms with E-state index in [-0.39, 0.29) is 6.54 Å². The van der Waals surface area contributed by atoms with Crippen molar-refractivity contribution in [3.63, 3.8) is 0 Å². The Morgan fingerprint density at radius 1 is 1.52 bits per heavy atom. The Balaban J connectivity index is 2.23. The van der Waals surface area contributed by atoms with Gasteiger partial charge in [-0.05, 0) is 30.1 Å². The average Bonchev–Trinajstić information content (AvgIpc) is 2.86. The van der Waals surface area contributed by atoms with Gasteiger partial charge in [-0.15, -0.1) is 0 Å². The number of rotatable bonds is 7. The van der Waals surface area contributed by atoms with Crippen molar-refractivity contribution in [3.05, 3.63) is 29.6 Å². The zero-order chi connectivity index (χ0) is 15.5. The SMILES string of the molecule is [B]C([B])(CNC)N(C=O)Cc1ccc2nc(CN)[nH]c2c1. The molecule has 0 aliphatic carbocycles. The molecule has 1 amide bonds. The fourth-order valence-corrected chi connectivity index (χ4v) is 2.17. The van der Waals surface area contributed by atoms with Gasteiger partial charge >= 0.3 is 0 Å². The lowest BCUT2D eigenvalue weighted by Crippen LogP contribution is -2.54. The van der Waals surface area contributed by atoms with Crippen LogP contribution < -0.4 is 11.1 Å². The number of likely N-dealkylation sites (N-methyl/N-ethyl adjacent to an activating group) is 1. The molecule has 0 saturated heterocycles. The second-order valence-electron chi connectivity index (χ2n) is 4.99. The van der Waals surface area contributed by atoms with Gasteiger partial charge in [-0.2, -0.15) is 0 Å². The van der Waals surface area contributed by atoms with Crippen molar-refractivity contribution in [1.82, 2.24) is 20.2 Å². The topological polar surface area (TPSA) is 87.0 Å². The van der Waals surface area contributed by atoms with E-state index in [4.69, 9.17) is 21.4 Å². The van der Waals surface area contributed by atoms with E-state index in [1.54, 1.807) is 7.05 Å². The summed E-state index contributed by atoms with van der Waals surface area (Å²) in [5.74, 6) is 0.719. The Morgan fingerprint density at radius 3 is 2.90 bits per heavy atom. The molecule has 4 radical (unpaired) electrons. The van der Waals surface area contributed by atoms with Gasteiger partial charge < -0.3 is 20.9 Å². The lowest BCUT2D eigenvalue weighted by molar-refractivity contribution is -0.120. The van der Waals surface area contributed by atoms with E-state index in [0.29, 0.717) is 19.5 Å². The van der Waals surface area contributed by atoms with E-state index in [1.807, 2.05) is 18.2 Å². The molecule has 0 unspecified atom stereocenters. The number of aromatic nitrogens is 2. The highest BCUT2D eigenvalue weighted by Crippen LogP contribution is 2.17. The van der Waals surface area contributed by atoms with Crippen molar-refractivity contribution in [1.29, 1.82) is 0 Å². The molecule has 0 aliphatic heterocycles. The van der Waals surface area contributed by atoms with Crippen LogP contribution in [0.25, 0.3) is 11.0 Å². The van der Waals surface area contributed by atoms with E-state index in [9.17, 15) is 4.79 Å². The number of carbonyl (C=O) groups excluding carboxylic acids is 1. The minimum Gasteiger partial charge on any atom is -0.351 e. The van der Waals surface area contributed by atoms with Gasteiger partial charge in [-0.25, -0.2) is 4.98 Å². The summed E-state index contributed by atoms with van der Waals surface area (Å²) in [7, 11) is 13.6. The number of fused-ring (bicyclic) bond motifs is 1. The van der Waals surface area contributed by atoms with Crippen molar-refractivity contribution in [3.8, 4) is 0 Å². The highest BCUT2D eigenvalue weighted by Gasteiger charge is 2.23. The molecular weight excluding hydrogens is 264 g/mol. The van der Waals surface area contributed by atoms with Crippen LogP contribution in [0.3, 0.4) is 0 Å².